The van der Waals surface area contributed by atoms with Crippen molar-refractivity contribution in [3.63, 3.8) is 0 Å². The largest absolute Gasteiger partial charge is 0.422 e. The van der Waals surface area contributed by atoms with Crippen LogP contribution < -0.4 is 10.9 Å². The first-order valence-electron chi connectivity index (χ1n) is 11.5. The minimum absolute atomic E-state index is 0.0366. The van der Waals surface area contributed by atoms with Gasteiger partial charge in [0.05, 0.1) is 27.7 Å². The van der Waals surface area contributed by atoms with Gasteiger partial charge in [0, 0.05) is 22.6 Å². The number of carbonyl (C=O) groups is 1. The highest BCUT2D eigenvalue weighted by molar-refractivity contribution is 7.99. The molecule has 1 aliphatic rings. The molecule has 2 aromatic heterocycles. The molecule has 5 rings (SSSR count). The van der Waals surface area contributed by atoms with Gasteiger partial charge < -0.3 is 9.73 Å². The van der Waals surface area contributed by atoms with E-state index in [1.165, 1.54) is 18.2 Å². The predicted octanol–water partition coefficient (Wildman–Crippen LogP) is 6.49. The zero-order valence-electron chi connectivity index (χ0n) is 18.8. The lowest BCUT2D eigenvalue weighted by Crippen LogP contribution is -2.37. The van der Waals surface area contributed by atoms with Crippen molar-refractivity contribution in [3.8, 4) is 16.9 Å². The first kappa shape index (κ1) is 24.0. The van der Waals surface area contributed by atoms with Gasteiger partial charge in [-0.05, 0) is 43.2 Å². The van der Waals surface area contributed by atoms with Crippen molar-refractivity contribution >= 4 is 51.8 Å². The maximum absolute atomic E-state index is 12.8. The summed E-state index contributed by atoms with van der Waals surface area (Å²) in [6.45, 7) is 0. The summed E-state index contributed by atoms with van der Waals surface area (Å²) in [4.78, 5) is 30.1. The van der Waals surface area contributed by atoms with E-state index in [4.69, 9.17) is 32.6 Å². The molecule has 0 atom stereocenters. The number of nitrogens with one attached hydrogen (secondary N) is 1. The molecule has 1 aliphatic carbocycles. The number of amides is 1. The van der Waals surface area contributed by atoms with Crippen LogP contribution in [0, 0.1) is 0 Å². The summed E-state index contributed by atoms with van der Waals surface area (Å²) in [5.74, 6) is 0.162. The Balaban J connectivity index is 1.48. The molecule has 4 aromatic rings. The summed E-state index contributed by atoms with van der Waals surface area (Å²) >= 11 is 13.9. The van der Waals surface area contributed by atoms with Gasteiger partial charge in [0.25, 0.3) is 0 Å². The van der Waals surface area contributed by atoms with E-state index < -0.39 is 5.63 Å². The molecule has 0 spiro atoms. The fourth-order valence-electron chi connectivity index (χ4n) is 4.33. The molecule has 0 aliphatic heterocycles. The number of benzene rings is 2. The average Bonchev–Trinajstić information content (AvgIpc) is 3.26. The van der Waals surface area contributed by atoms with Gasteiger partial charge in [-0.1, -0.05) is 72.4 Å². The maximum atomic E-state index is 12.8. The molecule has 0 saturated heterocycles. The van der Waals surface area contributed by atoms with Gasteiger partial charge in [0.2, 0.25) is 5.91 Å². The number of thioether (sulfide) groups is 1. The lowest BCUT2D eigenvalue weighted by Gasteiger charge is -2.22. The van der Waals surface area contributed by atoms with Crippen molar-refractivity contribution in [2.45, 2.75) is 43.3 Å². The minimum atomic E-state index is -0.484. The summed E-state index contributed by atoms with van der Waals surface area (Å²) in [7, 11) is 0. The van der Waals surface area contributed by atoms with E-state index in [2.05, 4.69) is 5.32 Å². The average molecular weight is 528 g/mol. The first-order chi connectivity index (χ1) is 17.0. The molecule has 6 nitrogen and oxygen atoms in total. The summed E-state index contributed by atoms with van der Waals surface area (Å²) in [5.41, 5.74) is 1.44. The van der Waals surface area contributed by atoms with E-state index in [1.807, 2.05) is 18.2 Å². The Kier molecular flexibility index (Phi) is 7.18. The SMILES string of the molecule is O=C(CSc1nc(-c2cc3ccccc3oc2=O)cn1-c1ccc(Cl)cc1Cl)NC1CCCCC1. The normalized spacial score (nSPS) is 14.3. The third-order valence-corrected chi connectivity index (χ3v) is 7.55. The Morgan fingerprint density at radius 3 is 2.71 bits per heavy atom. The molecule has 35 heavy (non-hydrogen) atoms. The third kappa shape index (κ3) is 5.42. The van der Waals surface area contributed by atoms with Gasteiger partial charge in [-0.2, -0.15) is 0 Å². The first-order valence-corrected chi connectivity index (χ1v) is 13.2. The fourth-order valence-corrected chi connectivity index (χ4v) is 5.63. The van der Waals surface area contributed by atoms with Gasteiger partial charge in [0.15, 0.2) is 5.16 Å². The van der Waals surface area contributed by atoms with Gasteiger partial charge in [-0.3, -0.25) is 9.36 Å². The van der Waals surface area contributed by atoms with Crippen molar-refractivity contribution in [3.05, 3.63) is 75.2 Å². The maximum Gasteiger partial charge on any atom is 0.345 e. The van der Waals surface area contributed by atoms with Crippen molar-refractivity contribution in [2.75, 3.05) is 5.75 Å². The molecule has 2 aromatic carbocycles. The quantitative estimate of drug-likeness (QED) is 0.229. The van der Waals surface area contributed by atoms with Gasteiger partial charge in [-0.25, -0.2) is 9.78 Å². The second-order valence-corrected chi connectivity index (χ2v) is 10.3. The van der Waals surface area contributed by atoms with E-state index in [0.29, 0.717) is 37.7 Å². The molecule has 1 N–H and O–H groups in total. The van der Waals surface area contributed by atoms with Crippen LogP contribution in [-0.4, -0.2) is 27.3 Å². The lowest BCUT2D eigenvalue weighted by molar-refractivity contribution is -0.119. The number of para-hydroxylation sites is 1. The van der Waals surface area contributed by atoms with Gasteiger partial charge >= 0.3 is 5.63 Å². The number of hydrogen-bond acceptors (Lipinski definition) is 5. The van der Waals surface area contributed by atoms with Crippen molar-refractivity contribution in [1.82, 2.24) is 14.9 Å². The van der Waals surface area contributed by atoms with E-state index in [-0.39, 0.29) is 17.7 Å². The van der Waals surface area contributed by atoms with Crippen LogP contribution in [0.25, 0.3) is 27.9 Å². The Labute approximate surface area is 216 Å². The van der Waals surface area contributed by atoms with E-state index in [9.17, 15) is 9.59 Å². The van der Waals surface area contributed by atoms with Gasteiger partial charge in [-0.15, -0.1) is 0 Å². The Morgan fingerprint density at radius 1 is 1.11 bits per heavy atom. The summed E-state index contributed by atoms with van der Waals surface area (Å²) in [5, 5.41) is 5.40. The Bertz CT molecular complexity index is 1440. The third-order valence-electron chi connectivity index (χ3n) is 6.06. The topological polar surface area (TPSA) is 77.1 Å². The van der Waals surface area contributed by atoms with Crippen molar-refractivity contribution in [1.29, 1.82) is 0 Å². The molecule has 1 fully saturated rings. The molecular weight excluding hydrogens is 505 g/mol. The highest BCUT2D eigenvalue weighted by atomic mass is 35.5. The van der Waals surface area contributed by atoms with Gasteiger partial charge in [0.1, 0.15) is 5.58 Å². The second kappa shape index (κ2) is 10.5. The summed E-state index contributed by atoms with van der Waals surface area (Å²) in [6.07, 6.45) is 7.30. The lowest BCUT2D eigenvalue weighted by atomic mass is 9.95. The van der Waals surface area contributed by atoms with Crippen LogP contribution in [-0.2, 0) is 4.79 Å². The van der Waals surface area contributed by atoms with Crippen LogP contribution in [0.15, 0.2) is 69.1 Å². The standard InChI is InChI=1S/C26H23Cl2N3O3S/c27-17-10-11-22(20(28)13-17)31-14-21(19-12-16-6-4-5-9-23(16)34-25(19)33)30-26(31)35-15-24(32)29-18-7-2-1-3-8-18/h4-6,9-14,18H,1-3,7-8,15H2,(H,29,32). The zero-order chi connectivity index (χ0) is 24.4. The number of carbonyl (C=O) groups excluding carboxylic acids is 1. The van der Waals surface area contributed by atoms with Crippen LogP contribution in [0.4, 0.5) is 0 Å². The van der Waals surface area contributed by atoms with E-state index >= 15 is 0 Å². The number of halogens is 2. The molecule has 0 unspecified atom stereocenters. The molecule has 0 bridgehead atoms. The smallest absolute Gasteiger partial charge is 0.345 e. The molecule has 1 amide bonds. The predicted molar refractivity (Wildman–Crippen MR) is 141 cm³/mol. The molecule has 0 radical (unpaired) electrons. The van der Waals surface area contributed by atoms with E-state index in [0.717, 1.165) is 31.1 Å². The number of rotatable bonds is 6. The Morgan fingerprint density at radius 2 is 1.91 bits per heavy atom. The molecule has 1 saturated carbocycles. The van der Waals surface area contributed by atoms with Crippen LogP contribution in [0.5, 0.6) is 0 Å². The highest BCUT2D eigenvalue weighted by Crippen LogP contribution is 2.32. The highest BCUT2D eigenvalue weighted by Gasteiger charge is 2.20. The second-order valence-electron chi connectivity index (χ2n) is 8.55. The number of fused-ring (bicyclic) bond motifs is 1. The van der Waals surface area contributed by atoms with Crippen LogP contribution in [0.3, 0.4) is 0 Å². The Hall–Kier alpha value is -2.74. The monoisotopic (exact) mass is 527 g/mol. The molecule has 180 valence electrons. The minimum Gasteiger partial charge on any atom is -0.422 e. The van der Waals surface area contributed by atoms with Crippen molar-refractivity contribution in [2.24, 2.45) is 0 Å². The van der Waals surface area contributed by atoms with Crippen LogP contribution in [0.2, 0.25) is 10.0 Å². The number of hydrogen-bond donors (Lipinski definition) is 1. The zero-order valence-corrected chi connectivity index (χ0v) is 21.1. The summed E-state index contributed by atoms with van der Waals surface area (Å²) < 4.78 is 7.28. The van der Waals surface area contributed by atoms with Crippen molar-refractivity contribution < 1.29 is 9.21 Å². The number of imidazole rings is 1. The van der Waals surface area contributed by atoms with E-state index in [1.54, 1.807) is 41.1 Å². The molecule has 2 heterocycles. The summed E-state index contributed by atoms with van der Waals surface area (Å²) in [6, 6.07) is 14.5. The van der Waals surface area contributed by atoms with Crippen LogP contribution >= 0.6 is 35.0 Å². The number of nitrogens with zero attached hydrogens (tertiary/aromatic N) is 2. The fraction of sp³-hybridized carbons (Fsp3) is 0.269. The number of aromatic nitrogens is 2. The van der Waals surface area contributed by atoms with Crippen LogP contribution in [0.1, 0.15) is 32.1 Å². The molecular formula is C26H23Cl2N3O3S. The molecule has 9 heteroatoms.